The lowest BCUT2D eigenvalue weighted by Gasteiger charge is -2.22. The van der Waals surface area contributed by atoms with E-state index in [0.717, 1.165) is 16.7 Å². The Hall–Kier alpha value is -1.51. The lowest BCUT2D eigenvalue weighted by Crippen LogP contribution is -2.34. The van der Waals surface area contributed by atoms with Gasteiger partial charge in [-0.3, -0.25) is 4.90 Å². The van der Waals surface area contributed by atoms with E-state index >= 15 is 0 Å². The van der Waals surface area contributed by atoms with Gasteiger partial charge in [-0.15, -0.1) is 5.10 Å². The van der Waals surface area contributed by atoms with Crippen molar-refractivity contribution in [2.24, 2.45) is 0 Å². The van der Waals surface area contributed by atoms with E-state index in [1.807, 2.05) is 37.9 Å². The second-order valence-corrected chi connectivity index (χ2v) is 9.08. The third-order valence-corrected chi connectivity index (χ3v) is 6.31. The van der Waals surface area contributed by atoms with Crippen molar-refractivity contribution in [1.29, 1.82) is 0 Å². The van der Waals surface area contributed by atoms with Crippen molar-refractivity contribution in [2.45, 2.75) is 33.0 Å². The second kappa shape index (κ2) is 6.42. The van der Waals surface area contributed by atoms with Gasteiger partial charge in [-0.25, -0.2) is 13.1 Å². The van der Waals surface area contributed by atoms with E-state index in [-0.39, 0.29) is 22.4 Å². The molecular formula is C16H21N3O3S2. The molecule has 0 saturated carbocycles. The van der Waals surface area contributed by atoms with Gasteiger partial charge >= 0.3 is 0 Å². The van der Waals surface area contributed by atoms with Gasteiger partial charge in [-0.05, 0) is 51.7 Å². The quantitative estimate of drug-likeness (QED) is 0.774. The van der Waals surface area contributed by atoms with Crippen LogP contribution < -0.4 is 0 Å². The Labute approximate surface area is 147 Å². The summed E-state index contributed by atoms with van der Waals surface area (Å²) in [6.07, 6.45) is 0.647. The summed E-state index contributed by atoms with van der Waals surface area (Å²) in [6.45, 7) is 4.46. The average molecular weight is 367 g/mol. The van der Waals surface area contributed by atoms with Crippen LogP contribution in [0.1, 0.15) is 17.5 Å². The van der Waals surface area contributed by atoms with Crippen LogP contribution in [0.25, 0.3) is 11.5 Å². The maximum atomic E-state index is 11.6. The summed E-state index contributed by atoms with van der Waals surface area (Å²) in [5, 5.41) is 4.46. The number of rotatable bonds is 4. The van der Waals surface area contributed by atoms with E-state index < -0.39 is 9.84 Å². The van der Waals surface area contributed by atoms with Gasteiger partial charge < -0.3 is 4.42 Å². The predicted molar refractivity (Wildman–Crippen MR) is 95.1 cm³/mol. The highest BCUT2D eigenvalue weighted by Crippen LogP contribution is 2.22. The zero-order valence-corrected chi connectivity index (χ0v) is 15.7. The molecule has 0 radical (unpaired) electrons. The molecule has 24 heavy (non-hydrogen) atoms. The molecule has 1 aliphatic heterocycles. The van der Waals surface area contributed by atoms with Crippen molar-refractivity contribution < 1.29 is 12.8 Å². The van der Waals surface area contributed by atoms with Crippen LogP contribution in [-0.4, -0.2) is 47.7 Å². The molecule has 8 heteroatoms. The first-order valence-electron chi connectivity index (χ1n) is 7.81. The summed E-state index contributed by atoms with van der Waals surface area (Å²) in [7, 11) is -1.02. The van der Waals surface area contributed by atoms with Gasteiger partial charge in [-0.2, -0.15) is 0 Å². The molecule has 0 spiro atoms. The summed E-state index contributed by atoms with van der Waals surface area (Å²) >= 11 is 5.27. The number of hydrogen-bond donors (Lipinski definition) is 0. The Morgan fingerprint density at radius 3 is 2.58 bits per heavy atom. The fourth-order valence-corrected chi connectivity index (χ4v) is 5.04. The predicted octanol–water partition coefficient (Wildman–Crippen LogP) is 2.57. The minimum Gasteiger partial charge on any atom is -0.409 e. The van der Waals surface area contributed by atoms with Gasteiger partial charge in [0.1, 0.15) is 0 Å². The number of sulfone groups is 1. The summed E-state index contributed by atoms with van der Waals surface area (Å²) in [5.74, 6) is 0.929. The van der Waals surface area contributed by atoms with Gasteiger partial charge in [0.15, 0.2) is 9.84 Å². The van der Waals surface area contributed by atoms with Crippen LogP contribution in [-0.2, 0) is 16.5 Å². The molecule has 1 aromatic heterocycles. The van der Waals surface area contributed by atoms with Crippen molar-refractivity contribution in [3.63, 3.8) is 0 Å². The van der Waals surface area contributed by atoms with Crippen molar-refractivity contribution in [3.05, 3.63) is 34.2 Å². The van der Waals surface area contributed by atoms with Crippen molar-refractivity contribution in [2.75, 3.05) is 18.6 Å². The number of nitrogens with zero attached hydrogens (tertiary/aromatic N) is 3. The number of hydrogen-bond acceptors (Lipinski definition) is 6. The minimum atomic E-state index is -2.91. The van der Waals surface area contributed by atoms with E-state index in [1.54, 1.807) is 4.68 Å². The first kappa shape index (κ1) is 17.3. The molecule has 0 amide bonds. The third kappa shape index (κ3) is 3.76. The zero-order valence-electron chi connectivity index (χ0n) is 14.0. The highest BCUT2D eigenvalue weighted by molar-refractivity contribution is 7.91. The molecule has 0 aliphatic carbocycles. The van der Waals surface area contributed by atoms with E-state index in [0.29, 0.717) is 19.0 Å². The molecule has 0 unspecified atom stereocenters. The van der Waals surface area contributed by atoms with E-state index in [4.69, 9.17) is 16.6 Å². The summed E-state index contributed by atoms with van der Waals surface area (Å²) in [6, 6.07) is 6.10. The molecule has 1 fully saturated rings. The molecule has 0 N–H and O–H groups in total. The molecule has 1 aromatic carbocycles. The lowest BCUT2D eigenvalue weighted by molar-refractivity contribution is 0.194. The van der Waals surface area contributed by atoms with Crippen molar-refractivity contribution >= 4 is 22.1 Å². The van der Waals surface area contributed by atoms with E-state index in [2.05, 4.69) is 11.2 Å². The smallest absolute Gasteiger partial charge is 0.288 e. The van der Waals surface area contributed by atoms with Crippen LogP contribution in [0.4, 0.5) is 0 Å². The van der Waals surface area contributed by atoms with Gasteiger partial charge in [0, 0.05) is 11.6 Å². The standard InChI is InChI=1S/C16H21N3O3S2/c1-11-6-12(2)8-13(7-11)15-17-19(16(23)22-15)10-18(3)14-4-5-24(20,21)9-14/h6-8,14H,4-5,9-10H2,1-3H3/t14-/m0/s1. The zero-order chi connectivity index (χ0) is 17.5. The topological polar surface area (TPSA) is 68.3 Å². The van der Waals surface area contributed by atoms with E-state index in [1.165, 1.54) is 0 Å². The Balaban J connectivity index is 1.81. The summed E-state index contributed by atoms with van der Waals surface area (Å²) < 4.78 is 30.5. The minimum absolute atomic E-state index is 0.00161. The average Bonchev–Trinajstić information content (AvgIpc) is 3.01. The molecule has 3 rings (SSSR count). The summed E-state index contributed by atoms with van der Waals surface area (Å²) in [4.78, 5) is 2.26. The van der Waals surface area contributed by atoms with Crippen LogP contribution in [0.5, 0.6) is 0 Å². The number of benzene rings is 1. The van der Waals surface area contributed by atoms with Gasteiger partial charge in [0.25, 0.3) is 4.84 Å². The fourth-order valence-electron chi connectivity index (χ4n) is 3.06. The molecule has 6 nitrogen and oxygen atoms in total. The Bertz CT molecular complexity index is 895. The van der Waals surface area contributed by atoms with Gasteiger partial charge in [0.05, 0.1) is 18.2 Å². The monoisotopic (exact) mass is 367 g/mol. The van der Waals surface area contributed by atoms with Crippen LogP contribution in [0.2, 0.25) is 0 Å². The normalized spacial score (nSPS) is 19.9. The van der Waals surface area contributed by atoms with Crippen molar-refractivity contribution in [1.82, 2.24) is 14.7 Å². The molecule has 0 bridgehead atoms. The molecular weight excluding hydrogens is 346 g/mol. The number of aryl methyl sites for hydroxylation is 2. The molecule has 1 saturated heterocycles. The molecule has 130 valence electrons. The van der Waals surface area contributed by atoms with Crippen LogP contribution in [0.15, 0.2) is 22.6 Å². The lowest BCUT2D eigenvalue weighted by atomic mass is 10.1. The largest absolute Gasteiger partial charge is 0.409 e. The van der Waals surface area contributed by atoms with Crippen LogP contribution in [0, 0.1) is 18.7 Å². The highest BCUT2D eigenvalue weighted by Gasteiger charge is 2.30. The molecule has 1 atom stereocenters. The SMILES string of the molecule is Cc1cc(C)cc(-c2nn(CN(C)[C@H]3CCS(=O)(=O)C3)c(=S)o2)c1. The van der Waals surface area contributed by atoms with Crippen molar-refractivity contribution in [3.8, 4) is 11.5 Å². The Kier molecular flexibility index (Phi) is 4.63. The Morgan fingerprint density at radius 2 is 2.00 bits per heavy atom. The van der Waals surface area contributed by atoms with Gasteiger partial charge in [0.2, 0.25) is 5.89 Å². The molecule has 2 heterocycles. The first-order chi connectivity index (χ1) is 11.2. The van der Waals surface area contributed by atoms with Gasteiger partial charge in [-0.1, -0.05) is 17.2 Å². The fraction of sp³-hybridized carbons (Fsp3) is 0.500. The highest BCUT2D eigenvalue weighted by atomic mass is 32.2. The maximum Gasteiger partial charge on any atom is 0.288 e. The second-order valence-electron chi connectivity index (χ2n) is 6.50. The van der Waals surface area contributed by atoms with Crippen LogP contribution in [0.3, 0.4) is 0 Å². The number of aromatic nitrogens is 2. The van der Waals surface area contributed by atoms with E-state index in [9.17, 15) is 8.42 Å². The van der Waals surface area contributed by atoms with Crippen LogP contribution >= 0.6 is 12.2 Å². The molecule has 2 aromatic rings. The summed E-state index contributed by atoms with van der Waals surface area (Å²) in [5.41, 5.74) is 3.16. The third-order valence-electron chi connectivity index (χ3n) is 4.26. The first-order valence-corrected chi connectivity index (χ1v) is 10.0. The molecule has 1 aliphatic rings. The Morgan fingerprint density at radius 1 is 1.33 bits per heavy atom. The maximum absolute atomic E-state index is 11.6.